The fraction of sp³-hybridized carbons (Fsp3) is 0.350. The molecular formula is C20H24F2N3O2+. The van der Waals surface area contributed by atoms with E-state index in [2.05, 4.69) is 10.2 Å². The van der Waals surface area contributed by atoms with Crippen LogP contribution in [0.2, 0.25) is 0 Å². The van der Waals surface area contributed by atoms with Crippen molar-refractivity contribution < 1.29 is 23.6 Å². The minimum absolute atomic E-state index is 0.169. The smallest absolute Gasteiger partial charge is 0.275 e. The number of phenols is 1. The fourth-order valence-electron chi connectivity index (χ4n) is 3.42. The van der Waals surface area contributed by atoms with Crippen molar-refractivity contribution >= 4 is 11.6 Å². The number of amides is 1. The van der Waals surface area contributed by atoms with E-state index >= 15 is 0 Å². The molecule has 0 bridgehead atoms. The number of carbonyl (C=O) groups is 1. The highest BCUT2D eigenvalue weighted by molar-refractivity contribution is 5.77. The summed E-state index contributed by atoms with van der Waals surface area (Å²) in [6.45, 7) is 4.98. The van der Waals surface area contributed by atoms with E-state index < -0.39 is 17.7 Å². The van der Waals surface area contributed by atoms with E-state index in [1.165, 1.54) is 12.1 Å². The molecule has 2 aromatic carbocycles. The van der Waals surface area contributed by atoms with E-state index in [9.17, 15) is 18.7 Å². The lowest BCUT2D eigenvalue weighted by Gasteiger charge is -2.33. The lowest BCUT2D eigenvalue weighted by Crippen LogP contribution is -3.15. The van der Waals surface area contributed by atoms with Gasteiger partial charge in [-0.1, -0.05) is 18.2 Å². The first kappa shape index (κ1) is 19.1. The number of anilines is 1. The Hall–Kier alpha value is -2.67. The van der Waals surface area contributed by atoms with Crippen molar-refractivity contribution in [1.29, 1.82) is 0 Å². The summed E-state index contributed by atoms with van der Waals surface area (Å²) in [5.74, 6) is -1.21. The highest BCUT2D eigenvalue weighted by Gasteiger charge is 2.24. The Labute approximate surface area is 157 Å². The third-order valence-electron chi connectivity index (χ3n) is 4.91. The average molecular weight is 376 g/mol. The van der Waals surface area contributed by atoms with Crippen molar-refractivity contribution in [3.63, 3.8) is 0 Å². The summed E-state index contributed by atoms with van der Waals surface area (Å²) in [4.78, 5) is 15.5. The molecule has 0 saturated carbocycles. The summed E-state index contributed by atoms with van der Waals surface area (Å²) in [6.07, 6.45) is 0. The van der Waals surface area contributed by atoms with E-state index in [0.29, 0.717) is 6.54 Å². The van der Waals surface area contributed by atoms with E-state index in [1.807, 2.05) is 12.1 Å². The molecule has 1 aliphatic rings. The summed E-state index contributed by atoms with van der Waals surface area (Å²) >= 11 is 0. The van der Waals surface area contributed by atoms with Crippen molar-refractivity contribution in [2.45, 2.75) is 13.0 Å². The van der Waals surface area contributed by atoms with Gasteiger partial charge in [-0.2, -0.15) is 0 Å². The third-order valence-corrected chi connectivity index (χ3v) is 4.91. The molecule has 3 N–H and O–H groups in total. The minimum atomic E-state index is -0.661. The van der Waals surface area contributed by atoms with Gasteiger partial charge in [0.15, 0.2) is 6.54 Å². The standard InChI is InChI=1S/C20H23F2N3O2/c1-14(16-7-6-15(21)12-17(16)22)23-20(27)13-24-8-10-25(11-9-24)18-4-2-3-5-19(18)26/h2-7,12,14,26H,8-11,13H2,1H3,(H,23,27)/p+1/t14-/m0/s1. The normalized spacial score (nSPS) is 16.2. The molecule has 0 aromatic heterocycles. The molecule has 7 heteroatoms. The Morgan fingerprint density at radius 2 is 1.93 bits per heavy atom. The summed E-state index contributed by atoms with van der Waals surface area (Å²) in [6, 6.07) is 10.1. The molecule has 144 valence electrons. The Balaban J connectivity index is 1.50. The molecule has 1 aliphatic heterocycles. The number of hydrogen-bond donors (Lipinski definition) is 3. The topological polar surface area (TPSA) is 57.0 Å². The van der Waals surface area contributed by atoms with Crippen LogP contribution in [0.5, 0.6) is 5.75 Å². The van der Waals surface area contributed by atoms with Gasteiger partial charge in [-0.25, -0.2) is 8.78 Å². The number of carbonyl (C=O) groups excluding carboxylic acids is 1. The average Bonchev–Trinajstić information content (AvgIpc) is 2.62. The number of halogens is 2. The van der Waals surface area contributed by atoms with Crippen molar-refractivity contribution in [2.24, 2.45) is 0 Å². The van der Waals surface area contributed by atoms with E-state index in [-0.39, 0.29) is 17.2 Å². The zero-order valence-corrected chi connectivity index (χ0v) is 15.2. The van der Waals surface area contributed by atoms with Crippen LogP contribution in [-0.2, 0) is 4.79 Å². The second-order valence-corrected chi connectivity index (χ2v) is 6.86. The molecule has 5 nitrogen and oxygen atoms in total. The van der Waals surface area contributed by atoms with E-state index in [4.69, 9.17) is 0 Å². The lowest BCUT2D eigenvalue weighted by molar-refractivity contribution is -0.892. The van der Waals surface area contributed by atoms with Crippen molar-refractivity contribution in [3.05, 3.63) is 59.7 Å². The first-order valence-electron chi connectivity index (χ1n) is 9.05. The number of hydrogen-bond acceptors (Lipinski definition) is 3. The SMILES string of the molecule is C[C@H](NC(=O)C[NH+]1CCN(c2ccccc2O)CC1)c1ccc(F)cc1F. The highest BCUT2D eigenvalue weighted by atomic mass is 19.1. The van der Waals surface area contributed by atoms with Crippen LogP contribution in [0.25, 0.3) is 0 Å². The molecule has 1 amide bonds. The maximum absolute atomic E-state index is 13.8. The molecule has 3 rings (SSSR count). The quantitative estimate of drug-likeness (QED) is 0.736. The number of aromatic hydroxyl groups is 1. The number of nitrogens with zero attached hydrogens (tertiary/aromatic N) is 1. The molecule has 1 fully saturated rings. The first-order valence-corrected chi connectivity index (χ1v) is 9.05. The third kappa shape index (κ3) is 4.74. The zero-order valence-electron chi connectivity index (χ0n) is 15.2. The number of quaternary nitrogens is 1. The number of para-hydroxylation sites is 2. The second kappa shape index (κ2) is 8.35. The minimum Gasteiger partial charge on any atom is -0.506 e. The van der Waals surface area contributed by atoms with Crippen molar-refractivity contribution in [1.82, 2.24) is 5.32 Å². The van der Waals surface area contributed by atoms with Crippen LogP contribution >= 0.6 is 0 Å². The summed E-state index contributed by atoms with van der Waals surface area (Å²) in [5.41, 5.74) is 1.07. The van der Waals surface area contributed by atoms with Crippen LogP contribution in [0, 0.1) is 11.6 Å². The molecule has 0 unspecified atom stereocenters. The van der Waals surface area contributed by atoms with Crippen LogP contribution < -0.4 is 15.1 Å². The van der Waals surface area contributed by atoms with Gasteiger partial charge >= 0.3 is 0 Å². The predicted octanol–water partition coefficient (Wildman–Crippen LogP) is 1.25. The van der Waals surface area contributed by atoms with Gasteiger partial charge in [-0.15, -0.1) is 0 Å². The van der Waals surface area contributed by atoms with Gasteiger partial charge in [0.2, 0.25) is 0 Å². The molecular weight excluding hydrogens is 352 g/mol. The Kier molecular flexibility index (Phi) is 5.91. The van der Waals surface area contributed by atoms with E-state index in [0.717, 1.165) is 42.8 Å². The number of rotatable bonds is 5. The zero-order chi connectivity index (χ0) is 19.4. The van der Waals surface area contributed by atoms with Gasteiger partial charge in [0, 0.05) is 11.6 Å². The molecule has 27 heavy (non-hydrogen) atoms. The fourth-order valence-corrected chi connectivity index (χ4v) is 3.42. The maximum Gasteiger partial charge on any atom is 0.275 e. The highest BCUT2D eigenvalue weighted by Crippen LogP contribution is 2.26. The lowest BCUT2D eigenvalue weighted by atomic mass is 10.1. The number of nitrogens with one attached hydrogen (secondary N) is 2. The molecule has 1 saturated heterocycles. The molecule has 2 aromatic rings. The van der Waals surface area contributed by atoms with E-state index in [1.54, 1.807) is 19.1 Å². The number of phenolic OH excluding ortho intramolecular Hbond substituents is 1. The van der Waals surface area contributed by atoms with Crippen molar-refractivity contribution in [3.8, 4) is 5.75 Å². The molecule has 1 heterocycles. The Morgan fingerprint density at radius 3 is 2.59 bits per heavy atom. The molecule has 0 spiro atoms. The van der Waals surface area contributed by atoms with Gasteiger partial charge in [0.25, 0.3) is 5.91 Å². The number of piperazine rings is 1. The van der Waals surface area contributed by atoms with Gasteiger partial charge in [-0.3, -0.25) is 4.79 Å². The van der Waals surface area contributed by atoms with Crippen molar-refractivity contribution in [2.75, 3.05) is 37.6 Å². The van der Waals surface area contributed by atoms with Gasteiger partial charge in [0.05, 0.1) is 37.9 Å². The first-order chi connectivity index (χ1) is 12.9. The van der Waals surface area contributed by atoms with Gasteiger partial charge in [0.1, 0.15) is 17.4 Å². The van der Waals surface area contributed by atoms with Crippen LogP contribution in [0.1, 0.15) is 18.5 Å². The Morgan fingerprint density at radius 1 is 1.22 bits per heavy atom. The largest absolute Gasteiger partial charge is 0.506 e. The predicted molar refractivity (Wildman–Crippen MR) is 98.8 cm³/mol. The van der Waals surface area contributed by atoms with Gasteiger partial charge < -0.3 is 20.2 Å². The number of benzene rings is 2. The molecule has 0 aliphatic carbocycles. The monoisotopic (exact) mass is 376 g/mol. The Bertz CT molecular complexity index is 808. The summed E-state index contributed by atoms with van der Waals surface area (Å²) < 4.78 is 26.8. The van der Waals surface area contributed by atoms with Crippen LogP contribution in [0.4, 0.5) is 14.5 Å². The van der Waals surface area contributed by atoms with Crippen LogP contribution in [0.3, 0.4) is 0 Å². The maximum atomic E-state index is 13.8. The van der Waals surface area contributed by atoms with Crippen LogP contribution in [-0.4, -0.2) is 43.7 Å². The molecule has 0 radical (unpaired) electrons. The van der Waals surface area contributed by atoms with Crippen LogP contribution in [0.15, 0.2) is 42.5 Å². The summed E-state index contributed by atoms with van der Waals surface area (Å²) in [7, 11) is 0. The summed E-state index contributed by atoms with van der Waals surface area (Å²) in [5, 5.41) is 12.7. The second-order valence-electron chi connectivity index (χ2n) is 6.86. The molecule has 1 atom stereocenters. The van der Waals surface area contributed by atoms with Gasteiger partial charge in [-0.05, 0) is 25.1 Å².